The Bertz CT molecular complexity index is 477. The highest BCUT2D eigenvalue weighted by molar-refractivity contribution is 8.00. The standard InChI is InChI=1S/C14H18ClNOS/c1-9(15)10-7-13(18-14(2,3)4)12(17-6)8-11(10)16-5/h7-8H,1,5H2,2-4,6H3. The van der Waals surface area contributed by atoms with Gasteiger partial charge in [-0.2, -0.15) is 0 Å². The first-order valence-electron chi connectivity index (χ1n) is 5.51. The second kappa shape index (κ2) is 5.81. The number of hydrogen-bond donors (Lipinski definition) is 0. The highest BCUT2D eigenvalue weighted by atomic mass is 35.5. The maximum Gasteiger partial charge on any atom is 0.134 e. The van der Waals surface area contributed by atoms with Gasteiger partial charge in [-0.3, -0.25) is 4.99 Å². The van der Waals surface area contributed by atoms with Crippen molar-refractivity contribution in [1.29, 1.82) is 0 Å². The highest BCUT2D eigenvalue weighted by Gasteiger charge is 2.18. The molecular formula is C14H18ClNOS. The Labute approximate surface area is 118 Å². The van der Waals surface area contributed by atoms with E-state index in [1.54, 1.807) is 18.9 Å². The number of thioether (sulfide) groups is 1. The van der Waals surface area contributed by atoms with Crippen molar-refractivity contribution >= 4 is 40.8 Å². The van der Waals surface area contributed by atoms with Crippen LogP contribution in [0.5, 0.6) is 5.75 Å². The van der Waals surface area contributed by atoms with Crippen LogP contribution in [0.2, 0.25) is 0 Å². The maximum atomic E-state index is 5.99. The minimum atomic E-state index is 0.0846. The lowest BCUT2D eigenvalue weighted by molar-refractivity contribution is 0.404. The predicted molar refractivity (Wildman–Crippen MR) is 82.7 cm³/mol. The molecule has 0 atom stereocenters. The van der Waals surface area contributed by atoms with Crippen LogP contribution in [-0.4, -0.2) is 18.6 Å². The summed E-state index contributed by atoms with van der Waals surface area (Å²) < 4.78 is 5.47. The minimum Gasteiger partial charge on any atom is -0.496 e. The van der Waals surface area contributed by atoms with Gasteiger partial charge >= 0.3 is 0 Å². The van der Waals surface area contributed by atoms with Crippen LogP contribution in [0.25, 0.3) is 5.03 Å². The minimum absolute atomic E-state index is 0.0846. The molecule has 0 saturated heterocycles. The molecule has 0 amide bonds. The van der Waals surface area contributed by atoms with Gasteiger partial charge in [0, 0.05) is 21.4 Å². The van der Waals surface area contributed by atoms with Crippen molar-refractivity contribution < 1.29 is 4.74 Å². The van der Waals surface area contributed by atoms with Crippen LogP contribution in [0.15, 0.2) is 28.6 Å². The number of aliphatic imine (C=N–C) groups is 1. The Hall–Kier alpha value is -0.930. The summed E-state index contributed by atoms with van der Waals surface area (Å²) in [4.78, 5) is 4.98. The fourth-order valence-electron chi connectivity index (χ4n) is 1.47. The summed E-state index contributed by atoms with van der Waals surface area (Å²) in [6, 6.07) is 3.79. The van der Waals surface area contributed by atoms with Gasteiger partial charge in [-0.05, 0) is 12.8 Å². The van der Waals surface area contributed by atoms with E-state index < -0.39 is 0 Å². The Kier molecular flexibility index (Phi) is 4.88. The molecule has 0 fully saturated rings. The lowest BCUT2D eigenvalue weighted by atomic mass is 10.1. The summed E-state index contributed by atoms with van der Waals surface area (Å²) in [7, 11) is 1.64. The molecule has 2 nitrogen and oxygen atoms in total. The summed E-state index contributed by atoms with van der Waals surface area (Å²) in [6.07, 6.45) is 0. The quantitative estimate of drug-likeness (QED) is 0.564. The Morgan fingerprint density at radius 3 is 2.39 bits per heavy atom. The number of nitrogens with zero attached hydrogens (tertiary/aromatic N) is 1. The molecule has 0 N–H and O–H groups in total. The Balaban J connectivity index is 3.36. The van der Waals surface area contributed by atoms with Crippen LogP contribution >= 0.6 is 23.4 Å². The van der Waals surface area contributed by atoms with Crippen LogP contribution in [0, 0.1) is 0 Å². The summed E-state index contributed by atoms with van der Waals surface area (Å²) in [6.45, 7) is 13.7. The van der Waals surface area contributed by atoms with Gasteiger partial charge in [-0.25, -0.2) is 0 Å². The lowest BCUT2D eigenvalue weighted by Crippen LogP contribution is -2.07. The van der Waals surface area contributed by atoms with Crippen LogP contribution < -0.4 is 4.74 Å². The summed E-state index contributed by atoms with van der Waals surface area (Å²) in [5.41, 5.74) is 1.48. The first-order valence-corrected chi connectivity index (χ1v) is 6.70. The third-order valence-corrected chi connectivity index (χ3v) is 3.52. The molecule has 0 aliphatic rings. The second-order valence-electron chi connectivity index (χ2n) is 4.80. The van der Waals surface area contributed by atoms with E-state index in [1.807, 2.05) is 12.1 Å². The zero-order chi connectivity index (χ0) is 13.9. The molecule has 0 bridgehead atoms. The van der Waals surface area contributed by atoms with E-state index in [1.165, 1.54) is 0 Å². The summed E-state index contributed by atoms with van der Waals surface area (Å²) in [5, 5.41) is 0.454. The van der Waals surface area contributed by atoms with E-state index in [9.17, 15) is 0 Å². The fourth-order valence-corrected chi connectivity index (χ4v) is 2.70. The van der Waals surface area contributed by atoms with Crippen LogP contribution in [0.4, 0.5) is 5.69 Å². The molecule has 4 heteroatoms. The van der Waals surface area contributed by atoms with Crippen molar-refractivity contribution in [2.75, 3.05) is 7.11 Å². The molecular weight excluding hydrogens is 266 g/mol. The van der Waals surface area contributed by atoms with Crippen LogP contribution in [0.3, 0.4) is 0 Å². The molecule has 1 rings (SSSR count). The van der Waals surface area contributed by atoms with Crippen molar-refractivity contribution in [3.05, 3.63) is 24.3 Å². The van der Waals surface area contributed by atoms with Gasteiger partial charge in [0.25, 0.3) is 0 Å². The van der Waals surface area contributed by atoms with Gasteiger partial charge < -0.3 is 4.74 Å². The average molecular weight is 284 g/mol. The molecule has 0 aliphatic heterocycles. The zero-order valence-corrected chi connectivity index (χ0v) is 12.8. The maximum absolute atomic E-state index is 5.99. The average Bonchev–Trinajstić information content (AvgIpc) is 2.26. The number of benzene rings is 1. The highest BCUT2D eigenvalue weighted by Crippen LogP contribution is 2.43. The van der Waals surface area contributed by atoms with Gasteiger partial charge in [0.15, 0.2) is 0 Å². The molecule has 18 heavy (non-hydrogen) atoms. The summed E-state index contributed by atoms with van der Waals surface area (Å²) >= 11 is 7.71. The molecule has 0 aromatic heterocycles. The monoisotopic (exact) mass is 283 g/mol. The number of ether oxygens (including phenoxy) is 1. The third kappa shape index (κ3) is 3.79. The van der Waals surface area contributed by atoms with Gasteiger partial charge in [-0.1, -0.05) is 39.0 Å². The lowest BCUT2D eigenvalue weighted by Gasteiger charge is -2.20. The summed E-state index contributed by atoms with van der Waals surface area (Å²) in [5.74, 6) is 0.777. The van der Waals surface area contributed by atoms with Gasteiger partial charge in [0.05, 0.1) is 17.7 Å². The molecule has 0 spiro atoms. The van der Waals surface area contributed by atoms with Crippen molar-refractivity contribution in [2.45, 2.75) is 30.4 Å². The van der Waals surface area contributed by atoms with Crippen molar-refractivity contribution in [3.8, 4) is 5.75 Å². The molecule has 1 aromatic rings. The largest absolute Gasteiger partial charge is 0.496 e. The van der Waals surface area contributed by atoms with Crippen molar-refractivity contribution in [2.24, 2.45) is 4.99 Å². The fraction of sp³-hybridized carbons (Fsp3) is 0.357. The third-order valence-electron chi connectivity index (χ3n) is 2.16. The van der Waals surface area contributed by atoms with Crippen LogP contribution in [0.1, 0.15) is 26.3 Å². The second-order valence-corrected chi connectivity index (χ2v) is 7.12. The number of hydrogen-bond acceptors (Lipinski definition) is 3. The molecule has 98 valence electrons. The normalized spacial score (nSPS) is 11.2. The van der Waals surface area contributed by atoms with E-state index in [0.29, 0.717) is 10.7 Å². The van der Waals surface area contributed by atoms with Crippen LogP contribution in [-0.2, 0) is 0 Å². The first-order chi connectivity index (χ1) is 8.28. The molecule has 0 saturated carbocycles. The number of rotatable bonds is 4. The van der Waals surface area contributed by atoms with Gasteiger partial charge in [0.1, 0.15) is 5.75 Å². The number of halogens is 1. The van der Waals surface area contributed by atoms with Gasteiger partial charge in [-0.15, -0.1) is 11.8 Å². The van der Waals surface area contributed by atoms with Crippen molar-refractivity contribution in [3.63, 3.8) is 0 Å². The molecule has 0 heterocycles. The zero-order valence-electron chi connectivity index (χ0n) is 11.2. The molecule has 0 radical (unpaired) electrons. The van der Waals surface area contributed by atoms with Crippen molar-refractivity contribution in [1.82, 2.24) is 0 Å². The van der Waals surface area contributed by atoms with E-state index in [-0.39, 0.29) is 4.75 Å². The smallest absolute Gasteiger partial charge is 0.134 e. The van der Waals surface area contributed by atoms with E-state index in [4.69, 9.17) is 16.3 Å². The number of methoxy groups -OCH3 is 1. The Morgan fingerprint density at radius 2 is 2.00 bits per heavy atom. The predicted octanol–water partition coefficient (Wildman–Crippen LogP) is 5.13. The SMILES string of the molecule is C=Nc1cc(OC)c(SC(C)(C)C)cc1C(=C)Cl. The first kappa shape index (κ1) is 15.1. The van der Waals surface area contributed by atoms with Gasteiger partial charge in [0.2, 0.25) is 0 Å². The molecule has 0 aliphatic carbocycles. The van der Waals surface area contributed by atoms with E-state index in [0.717, 1.165) is 16.2 Å². The van der Waals surface area contributed by atoms with E-state index >= 15 is 0 Å². The van der Waals surface area contributed by atoms with E-state index in [2.05, 4.69) is 39.1 Å². The molecule has 1 aromatic carbocycles. The Morgan fingerprint density at radius 1 is 1.39 bits per heavy atom. The molecule has 0 unspecified atom stereocenters. The topological polar surface area (TPSA) is 21.6 Å².